The highest BCUT2D eigenvalue weighted by molar-refractivity contribution is 5.94. The second-order valence-corrected chi connectivity index (χ2v) is 8.24. The van der Waals surface area contributed by atoms with Gasteiger partial charge in [0.2, 0.25) is 17.4 Å². The molecule has 1 amide bonds. The SMILES string of the molecule is Cc1ccc2oc(N3CCN(C(=O)c4ccc(-c5noc(C(C)C)n5)cc4)CC3)nc2n1. The highest BCUT2D eigenvalue weighted by atomic mass is 16.5. The molecule has 5 rings (SSSR count). The van der Waals surface area contributed by atoms with Crippen molar-refractivity contribution in [1.29, 1.82) is 0 Å². The van der Waals surface area contributed by atoms with E-state index < -0.39 is 0 Å². The molecule has 0 aliphatic carbocycles. The van der Waals surface area contributed by atoms with Crippen LogP contribution >= 0.6 is 0 Å². The number of carbonyl (C=O) groups is 1. The van der Waals surface area contributed by atoms with Gasteiger partial charge in [-0.25, -0.2) is 4.98 Å². The molecular weight excluding hydrogens is 408 g/mol. The third-order valence-corrected chi connectivity index (χ3v) is 5.54. The van der Waals surface area contributed by atoms with Gasteiger partial charge in [-0.2, -0.15) is 9.97 Å². The van der Waals surface area contributed by atoms with Crippen molar-refractivity contribution in [3.63, 3.8) is 0 Å². The Morgan fingerprint density at radius 2 is 1.72 bits per heavy atom. The molecule has 1 saturated heterocycles. The summed E-state index contributed by atoms with van der Waals surface area (Å²) in [4.78, 5) is 30.2. The van der Waals surface area contributed by atoms with Crippen molar-refractivity contribution in [3.8, 4) is 11.4 Å². The number of carbonyl (C=O) groups excluding carboxylic acids is 1. The summed E-state index contributed by atoms with van der Waals surface area (Å²) < 4.78 is 11.1. The fourth-order valence-corrected chi connectivity index (χ4v) is 3.67. The summed E-state index contributed by atoms with van der Waals surface area (Å²) in [7, 11) is 0. The van der Waals surface area contributed by atoms with Gasteiger partial charge in [0.15, 0.2) is 5.58 Å². The Balaban J connectivity index is 1.23. The summed E-state index contributed by atoms with van der Waals surface area (Å²) in [6, 6.07) is 11.7. The van der Waals surface area contributed by atoms with Gasteiger partial charge in [-0.1, -0.05) is 31.1 Å². The van der Waals surface area contributed by atoms with Crippen LogP contribution in [0.4, 0.5) is 6.01 Å². The molecule has 3 aromatic heterocycles. The van der Waals surface area contributed by atoms with Crippen LogP contribution in [-0.4, -0.2) is 57.1 Å². The second kappa shape index (κ2) is 8.07. The van der Waals surface area contributed by atoms with Gasteiger partial charge in [-0.3, -0.25) is 4.79 Å². The summed E-state index contributed by atoms with van der Waals surface area (Å²) in [5.74, 6) is 1.31. The molecule has 0 saturated carbocycles. The fraction of sp³-hybridized carbons (Fsp3) is 0.348. The number of hydrogen-bond acceptors (Lipinski definition) is 8. The van der Waals surface area contributed by atoms with Crippen molar-refractivity contribution in [1.82, 2.24) is 25.0 Å². The summed E-state index contributed by atoms with van der Waals surface area (Å²) in [5, 5.41) is 4.02. The van der Waals surface area contributed by atoms with Gasteiger partial charge >= 0.3 is 0 Å². The van der Waals surface area contributed by atoms with Crippen LogP contribution in [0.2, 0.25) is 0 Å². The first-order valence-electron chi connectivity index (χ1n) is 10.7. The summed E-state index contributed by atoms with van der Waals surface area (Å²) >= 11 is 0. The number of rotatable bonds is 4. The van der Waals surface area contributed by atoms with Gasteiger partial charge in [0.05, 0.1) is 0 Å². The topological polar surface area (TPSA) is 101 Å². The highest BCUT2D eigenvalue weighted by Crippen LogP contribution is 2.23. The number of nitrogens with zero attached hydrogens (tertiary/aromatic N) is 6. The molecule has 4 heterocycles. The van der Waals surface area contributed by atoms with E-state index >= 15 is 0 Å². The zero-order valence-electron chi connectivity index (χ0n) is 18.3. The van der Waals surface area contributed by atoms with Gasteiger partial charge in [0, 0.05) is 48.9 Å². The smallest absolute Gasteiger partial charge is 0.300 e. The molecule has 1 fully saturated rings. The lowest BCUT2D eigenvalue weighted by Gasteiger charge is -2.33. The van der Waals surface area contributed by atoms with Crippen molar-refractivity contribution in [2.45, 2.75) is 26.7 Å². The minimum atomic E-state index is 0.00189. The van der Waals surface area contributed by atoms with Gasteiger partial charge in [-0.15, -0.1) is 0 Å². The predicted octanol–water partition coefficient (Wildman–Crippen LogP) is 3.67. The van der Waals surface area contributed by atoms with Crippen LogP contribution in [0.1, 0.15) is 41.7 Å². The minimum absolute atomic E-state index is 0.00189. The number of fused-ring (bicyclic) bond motifs is 1. The van der Waals surface area contributed by atoms with Crippen molar-refractivity contribution >= 4 is 23.2 Å². The van der Waals surface area contributed by atoms with E-state index in [1.807, 2.05) is 67.0 Å². The first-order valence-corrected chi connectivity index (χ1v) is 10.7. The summed E-state index contributed by atoms with van der Waals surface area (Å²) in [6.07, 6.45) is 0. The molecule has 1 aliphatic rings. The van der Waals surface area contributed by atoms with E-state index in [1.165, 1.54) is 0 Å². The zero-order chi connectivity index (χ0) is 22.2. The standard InChI is InChI=1S/C23H24N6O3/c1-14(2)21-25-19(27-32-21)16-5-7-17(8-6-16)22(30)28-10-12-29(13-11-28)23-26-20-18(31-23)9-4-15(3)24-20/h4-9,14H,10-13H2,1-3H3. The van der Waals surface area contributed by atoms with Crippen LogP contribution in [-0.2, 0) is 0 Å². The molecule has 0 bridgehead atoms. The molecule has 0 atom stereocenters. The molecule has 9 heteroatoms. The lowest BCUT2D eigenvalue weighted by atomic mass is 10.1. The van der Waals surface area contributed by atoms with Crippen LogP contribution in [0.3, 0.4) is 0 Å². The second-order valence-electron chi connectivity index (χ2n) is 8.24. The Kier molecular flexibility index (Phi) is 5.08. The van der Waals surface area contributed by atoms with Crippen LogP contribution in [0.5, 0.6) is 0 Å². The van der Waals surface area contributed by atoms with Gasteiger partial charge in [0.25, 0.3) is 11.9 Å². The number of piperazine rings is 1. The minimum Gasteiger partial charge on any atom is -0.422 e. The van der Waals surface area contributed by atoms with Gasteiger partial charge < -0.3 is 18.7 Å². The lowest BCUT2D eigenvalue weighted by molar-refractivity contribution is 0.0745. The Morgan fingerprint density at radius 3 is 2.41 bits per heavy atom. The molecule has 0 spiro atoms. The Hall–Kier alpha value is -3.75. The highest BCUT2D eigenvalue weighted by Gasteiger charge is 2.25. The maximum atomic E-state index is 13.0. The number of pyridine rings is 1. The molecule has 0 unspecified atom stereocenters. The average Bonchev–Trinajstić information content (AvgIpc) is 3.46. The van der Waals surface area contributed by atoms with Crippen LogP contribution in [0.25, 0.3) is 22.6 Å². The van der Waals surface area contributed by atoms with E-state index in [0.29, 0.717) is 60.7 Å². The average molecular weight is 432 g/mol. The Bertz CT molecular complexity index is 1250. The molecule has 1 aliphatic heterocycles. The van der Waals surface area contributed by atoms with E-state index in [1.54, 1.807) is 0 Å². The largest absolute Gasteiger partial charge is 0.422 e. The predicted molar refractivity (Wildman–Crippen MR) is 118 cm³/mol. The number of aromatic nitrogens is 4. The molecular formula is C23H24N6O3. The molecule has 0 radical (unpaired) electrons. The number of hydrogen-bond donors (Lipinski definition) is 0. The normalized spacial score (nSPS) is 14.5. The Labute approximate surface area is 185 Å². The van der Waals surface area contributed by atoms with Gasteiger partial charge in [0.1, 0.15) is 0 Å². The maximum Gasteiger partial charge on any atom is 0.300 e. The van der Waals surface area contributed by atoms with E-state index in [2.05, 4.69) is 20.1 Å². The van der Waals surface area contributed by atoms with Crippen molar-refractivity contribution in [3.05, 3.63) is 53.5 Å². The first kappa shape index (κ1) is 20.2. The first-order chi connectivity index (χ1) is 15.5. The molecule has 4 aromatic rings. The maximum absolute atomic E-state index is 13.0. The molecule has 164 valence electrons. The number of aryl methyl sites for hydroxylation is 1. The van der Waals surface area contributed by atoms with Crippen LogP contribution in [0.15, 0.2) is 45.3 Å². The zero-order valence-corrected chi connectivity index (χ0v) is 18.3. The number of benzene rings is 1. The van der Waals surface area contributed by atoms with Crippen LogP contribution < -0.4 is 4.90 Å². The monoisotopic (exact) mass is 432 g/mol. The van der Waals surface area contributed by atoms with E-state index in [9.17, 15) is 4.79 Å². The molecule has 1 aromatic carbocycles. The summed E-state index contributed by atoms with van der Waals surface area (Å²) in [5.41, 5.74) is 3.64. The third kappa shape index (κ3) is 3.81. The van der Waals surface area contributed by atoms with Gasteiger partial charge in [-0.05, 0) is 31.2 Å². The van der Waals surface area contributed by atoms with E-state index in [0.717, 1.165) is 11.3 Å². The van der Waals surface area contributed by atoms with E-state index in [-0.39, 0.29) is 11.8 Å². The molecule has 9 nitrogen and oxygen atoms in total. The lowest BCUT2D eigenvalue weighted by Crippen LogP contribution is -2.48. The number of anilines is 1. The fourth-order valence-electron chi connectivity index (χ4n) is 3.67. The quantitative estimate of drug-likeness (QED) is 0.481. The van der Waals surface area contributed by atoms with E-state index in [4.69, 9.17) is 8.94 Å². The number of oxazole rings is 1. The Morgan fingerprint density at radius 1 is 0.969 bits per heavy atom. The van der Waals surface area contributed by atoms with Crippen molar-refractivity contribution in [2.75, 3.05) is 31.1 Å². The molecule has 0 N–H and O–H groups in total. The van der Waals surface area contributed by atoms with Crippen LogP contribution in [0, 0.1) is 6.92 Å². The summed E-state index contributed by atoms with van der Waals surface area (Å²) in [6.45, 7) is 8.41. The third-order valence-electron chi connectivity index (χ3n) is 5.54. The van der Waals surface area contributed by atoms with Crippen molar-refractivity contribution < 1.29 is 13.7 Å². The van der Waals surface area contributed by atoms with Crippen molar-refractivity contribution in [2.24, 2.45) is 0 Å². The number of amides is 1. The molecule has 32 heavy (non-hydrogen) atoms.